The Bertz CT molecular complexity index is 698. The van der Waals surface area contributed by atoms with Crippen molar-refractivity contribution < 1.29 is 17.4 Å². The van der Waals surface area contributed by atoms with Crippen LogP contribution in [0.2, 0.25) is 0 Å². The molecular weight excluding hydrogens is 294 g/mol. The van der Waals surface area contributed by atoms with Crippen LogP contribution >= 0.6 is 0 Å². The zero-order chi connectivity index (χ0) is 15.6. The fraction of sp³-hybridized carbons (Fsp3) is 0.462. The van der Waals surface area contributed by atoms with Crippen LogP contribution in [-0.2, 0) is 16.6 Å². The topological polar surface area (TPSA) is 97.4 Å². The molecule has 0 aliphatic heterocycles. The molecule has 0 aromatic carbocycles. The van der Waals surface area contributed by atoms with Crippen molar-refractivity contribution in [3.05, 3.63) is 34.9 Å². The van der Waals surface area contributed by atoms with E-state index in [2.05, 4.69) is 15.2 Å². The Morgan fingerprint density at radius 1 is 1.33 bits per heavy atom. The van der Waals surface area contributed by atoms with Gasteiger partial charge < -0.3 is 14.3 Å². The van der Waals surface area contributed by atoms with Crippen LogP contribution in [0.3, 0.4) is 0 Å². The van der Waals surface area contributed by atoms with Gasteiger partial charge in [0.1, 0.15) is 11.5 Å². The number of hydrogen-bond donors (Lipinski definition) is 2. The molecule has 1 unspecified atom stereocenters. The summed E-state index contributed by atoms with van der Waals surface area (Å²) in [4.78, 5) is 0. The summed E-state index contributed by atoms with van der Waals surface area (Å²) in [6.45, 7) is 6.14. The number of aryl methyl sites for hydroxylation is 2. The maximum atomic E-state index is 11.6. The largest absolute Gasteiger partial charge is 0.447 e. The van der Waals surface area contributed by atoms with Crippen LogP contribution in [0, 0.1) is 13.8 Å². The minimum absolute atomic E-state index is 0.0192. The van der Waals surface area contributed by atoms with E-state index in [0.717, 1.165) is 17.0 Å². The van der Waals surface area contributed by atoms with Crippen molar-refractivity contribution in [2.24, 2.45) is 0 Å². The number of nitrogens with zero attached hydrogens (tertiary/aromatic N) is 1. The number of furan rings is 1. The smallest absolute Gasteiger partial charge is 0.273 e. The molecule has 0 radical (unpaired) electrons. The molecule has 2 aromatic rings. The minimum Gasteiger partial charge on any atom is -0.447 e. The van der Waals surface area contributed by atoms with Crippen molar-refractivity contribution in [2.45, 2.75) is 38.5 Å². The number of nitrogens with one attached hydrogen (secondary N) is 2. The molecule has 0 spiro atoms. The van der Waals surface area contributed by atoms with Crippen LogP contribution in [0.15, 0.2) is 26.2 Å². The lowest BCUT2D eigenvalue weighted by Gasteiger charge is -2.12. The van der Waals surface area contributed by atoms with Crippen LogP contribution in [0.4, 0.5) is 0 Å². The van der Waals surface area contributed by atoms with E-state index in [9.17, 15) is 8.42 Å². The molecule has 7 nitrogen and oxygen atoms in total. The summed E-state index contributed by atoms with van der Waals surface area (Å²) in [7, 11) is -2.20. The van der Waals surface area contributed by atoms with Gasteiger partial charge in [-0.3, -0.25) is 0 Å². The molecule has 2 heterocycles. The van der Waals surface area contributed by atoms with Crippen LogP contribution in [0.1, 0.15) is 35.7 Å². The molecule has 2 N–H and O–H groups in total. The second kappa shape index (κ2) is 6.00. The Morgan fingerprint density at radius 3 is 2.62 bits per heavy atom. The maximum Gasteiger partial charge on any atom is 0.273 e. The average molecular weight is 313 g/mol. The highest BCUT2D eigenvalue weighted by molar-refractivity contribution is 7.89. The van der Waals surface area contributed by atoms with Gasteiger partial charge in [0, 0.05) is 11.6 Å². The summed E-state index contributed by atoms with van der Waals surface area (Å²) >= 11 is 0. The van der Waals surface area contributed by atoms with E-state index < -0.39 is 10.0 Å². The zero-order valence-electron chi connectivity index (χ0n) is 12.4. The van der Waals surface area contributed by atoms with Gasteiger partial charge in [0.05, 0.1) is 12.2 Å². The molecule has 116 valence electrons. The van der Waals surface area contributed by atoms with Crippen molar-refractivity contribution >= 4 is 10.0 Å². The van der Waals surface area contributed by atoms with Crippen molar-refractivity contribution in [1.29, 1.82) is 0 Å². The summed E-state index contributed by atoms with van der Waals surface area (Å²) < 4.78 is 35.8. The third-order valence-corrected chi connectivity index (χ3v) is 4.56. The van der Waals surface area contributed by atoms with E-state index in [4.69, 9.17) is 8.94 Å². The molecule has 8 heteroatoms. The first-order valence-corrected chi connectivity index (χ1v) is 8.02. The van der Waals surface area contributed by atoms with Gasteiger partial charge in [-0.25, -0.2) is 13.1 Å². The molecule has 2 aromatic heterocycles. The van der Waals surface area contributed by atoms with Gasteiger partial charge in [-0.15, -0.1) is 0 Å². The fourth-order valence-electron chi connectivity index (χ4n) is 2.16. The van der Waals surface area contributed by atoms with Crippen LogP contribution < -0.4 is 10.0 Å². The van der Waals surface area contributed by atoms with Gasteiger partial charge >= 0.3 is 0 Å². The van der Waals surface area contributed by atoms with Gasteiger partial charge in [-0.1, -0.05) is 5.16 Å². The highest BCUT2D eigenvalue weighted by Crippen LogP contribution is 2.21. The first kappa shape index (κ1) is 15.7. The summed E-state index contributed by atoms with van der Waals surface area (Å²) in [5.74, 6) is 1.31. The first-order chi connectivity index (χ1) is 9.85. The summed E-state index contributed by atoms with van der Waals surface area (Å²) in [6.07, 6.45) is 0. The average Bonchev–Trinajstić information content (AvgIpc) is 3.04. The summed E-state index contributed by atoms with van der Waals surface area (Å²) in [5.41, 5.74) is 1.84. The number of hydrogen-bond acceptors (Lipinski definition) is 6. The highest BCUT2D eigenvalue weighted by Gasteiger charge is 2.18. The third kappa shape index (κ3) is 3.34. The van der Waals surface area contributed by atoms with Crippen LogP contribution in [0.5, 0.6) is 0 Å². The van der Waals surface area contributed by atoms with Crippen molar-refractivity contribution in [1.82, 2.24) is 15.2 Å². The Hall–Kier alpha value is -1.64. The Labute approximate surface area is 123 Å². The van der Waals surface area contributed by atoms with E-state index >= 15 is 0 Å². The van der Waals surface area contributed by atoms with Gasteiger partial charge in [0.2, 0.25) is 5.09 Å². The standard InChI is InChI=1S/C13H19N3O4S/c1-8(13-9(2)16-20-10(13)3)15-7-11-5-6-12(19-11)21(17,18)14-4/h5-6,8,14-15H,7H2,1-4H3. The van der Waals surface area contributed by atoms with E-state index in [1.54, 1.807) is 6.07 Å². The predicted molar refractivity (Wildman–Crippen MR) is 76.2 cm³/mol. The molecule has 0 aliphatic rings. The lowest BCUT2D eigenvalue weighted by Crippen LogP contribution is -2.19. The summed E-state index contributed by atoms with van der Waals surface area (Å²) in [6, 6.07) is 3.09. The second-order valence-corrected chi connectivity index (χ2v) is 6.59. The van der Waals surface area contributed by atoms with Gasteiger partial charge in [-0.2, -0.15) is 0 Å². The first-order valence-electron chi connectivity index (χ1n) is 6.53. The molecule has 2 rings (SSSR count). The Balaban J connectivity index is 2.04. The zero-order valence-corrected chi connectivity index (χ0v) is 13.2. The van der Waals surface area contributed by atoms with Gasteiger partial charge in [0.15, 0.2) is 0 Å². The molecule has 0 bridgehead atoms. The molecular formula is C13H19N3O4S. The maximum absolute atomic E-state index is 11.6. The quantitative estimate of drug-likeness (QED) is 0.841. The molecule has 0 amide bonds. The Morgan fingerprint density at radius 2 is 2.05 bits per heavy atom. The fourth-order valence-corrected chi connectivity index (χ4v) is 2.83. The number of sulfonamides is 1. The second-order valence-electron chi connectivity index (χ2n) is 4.77. The van der Waals surface area contributed by atoms with E-state index in [-0.39, 0.29) is 11.1 Å². The molecule has 0 saturated carbocycles. The minimum atomic E-state index is -3.54. The van der Waals surface area contributed by atoms with Crippen molar-refractivity contribution in [3.63, 3.8) is 0 Å². The molecule has 0 fully saturated rings. The lowest BCUT2D eigenvalue weighted by atomic mass is 10.1. The lowest BCUT2D eigenvalue weighted by molar-refractivity contribution is 0.384. The van der Waals surface area contributed by atoms with Crippen LogP contribution in [-0.4, -0.2) is 20.6 Å². The van der Waals surface area contributed by atoms with Crippen molar-refractivity contribution in [3.8, 4) is 0 Å². The SMILES string of the molecule is CNS(=O)(=O)c1ccc(CNC(C)c2c(C)noc2C)o1. The normalized spacial score (nSPS) is 13.5. The van der Waals surface area contributed by atoms with Crippen molar-refractivity contribution in [2.75, 3.05) is 7.05 Å². The molecule has 0 saturated heterocycles. The summed E-state index contributed by atoms with van der Waals surface area (Å²) in [5, 5.41) is 7.08. The third-order valence-electron chi connectivity index (χ3n) is 3.27. The molecule has 1 atom stereocenters. The monoisotopic (exact) mass is 313 g/mol. The number of rotatable bonds is 6. The Kier molecular flexibility index (Phi) is 4.50. The molecule has 21 heavy (non-hydrogen) atoms. The molecule has 0 aliphatic carbocycles. The van der Waals surface area contributed by atoms with E-state index in [0.29, 0.717) is 12.3 Å². The highest BCUT2D eigenvalue weighted by atomic mass is 32.2. The predicted octanol–water partition coefficient (Wildman–Crippen LogP) is 1.64. The van der Waals surface area contributed by atoms with E-state index in [1.165, 1.54) is 13.1 Å². The van der Waals surface area contributed by atoms with Crippen LogP contribution in [0.25, 0.3) is 0 Å². The van der Waals surface area contributed by atoms with E-state index in [1.807, 2.05) is 20.8 Å². The number of aromatic nitrogens is 1. The van der Waals surface area contributed by atoms with Gasteiger partial charge in [0.25, 0.3) is 10.0 Å². The van der Waals surface area contributed by atoms with Gasteiger partial charge in [-0.05, 0) is 40.0 Å².